The average molecular weight is 340 g/mol. The van der Waals surface area contributed by atoms with Crippen LogP contribution in [0.3, 0.4) is 0 Å². The highest BCUT2D eigenvalue weighted by atomic mass is 79.9. The number of halogens is 1. The summed E-state index contributed by atoms with van der Waals surface area (Å²) in [5.74, 6) is 0.0346. The van der Waals surface area contributed by atoms with Crippen molar-refractivity contribution in [3.63, 3.8) is 0 Å². The summed E-state index contributed by atoms with van der Waals surface area (Å²) in [4.78, 5) is 13.4. The van der Waals surface area contributed by atoms with Gasteiger partial charge < -0.3 is 9.84 Å². The summed E-state index contributed by atoms with van der Waals surface area (Å²) in [6.07, 6.45) is 1.77. The number of carbonyl (C=O) groups is 1. The summed E-state index contributed by atoms with van der Waals surface area (Å²) in [5.41, 5.74) is 1.23. The maximum atomic E-state index is 11.1. The monoisotopic (exact) mass is 339 g/mol. The van der Waals surface area contributed by atoms with E-state index in [4.69, 9.17) is 4.74 Å². The fourth-order valence-corrected chi connectivity index (χ4v) is 3.65. The molecule has 20 heavy (non-hydrogen) atoms. The lowest BCUT2D eigenvalue weighted by Gasteiger charge is -2.25. The lowest BCUT2D eigenvalue weighted by Crippen LogP contribution is -2.39. The van der Waals surface area contributed by atoms with E-state index in [-0.39, 0.29) is 18.1 Å². The number of carboxylic acids is 1. The molecule has 0 spiro atoms. The van der Waals surface area contributed by atoms with E-state index in [2.05, 4.69) is 26.9 Å². The first kappa shape index (κ1) is 13.9. The van der Waals surface area contributed by atoms with E-state index >= 15 is 0 Å². The van der Waals surface area contributed by atoms with Crippen LogP contribution in [0.5, 0.6) is 5.75 Å². The molecule has 0 amide bonds. The predicted molar refractivity (Wildman–Crippen MR) is 79.0 cm³/mol. The minimum atomic E-state index is -0.681. The SMILES string of the molecule is CC1C(C(=O)O)CCN1CC1Cc2cc(Br)ccc2O1. The van der Waals surface area contributed by atoms with Crippen molar-refractivity contribution >= 4 is 21.9 Å². The largest absolute Gasteiger partial charge is 0.488 e. The Bertz CT molecular complexity index is 534. The van der Waals surface area contributed by atoms with Crippen molar-refractivity contribution in [2.24, 2.45) is 5.92 Å². The van der Waals surface area contributed by atoms with E-state index in [1.165, 1.54) is 5.56 Å². The molecule has 1 saturated heterocycles. The highest BCUT2D eigenvalue weighted by Gasteiger charge is 2.37. The molecule has 3 unspecified atom stereocenters. The summed E-state index contributed by atoms with van der Waals surface area (Å²) in [5, 5.41) is 9.17. The van der Waals surface area contributed by atoms with E-state index in [0.717, 1.165) is 36.2 Å². The van der Waals surface area contributed by atoms with Crippen LogP contribution >= 0.6 is 15.9 Å². The lowest BCUT2D eigenvalue weighted by atomic mass is 10.0. The highest BCUT2D eigenvalue weighted by molar-refractivity contribution is 9.10. The number of aliphatic carboxylic acids is 1. The molecule has 2 aliphatic heterocycles. The molecule has 3 atom stereocenters. The molecular weight excluding hydrogens is 322 g/mol. The molecule has 0 radical (unpaired) electrons. The van der Waals surface area contributed by atoms with Crippen LogP contribution < -0.4 is 4.74 Å². The standard InChI is InChI=1S/C15H18BrNO3/c1-9-13(15(18)19)4-5-17(9)8-12-7-10-6-11(16)2-3-14(10)20-12/h2-3,6,9,12-13H,4-5,7-8H2,1H3,(H,18,19). The maximum absolute atomic E-state index is 11.1. The summed E-state index contributed by atoms with van der Waals surface area (Å²) < 4.78 is 7.03. The minimum absolute atomic E-state index is 0.0894. The fourth-order valence-electron chi connectivity index (χ4n) is 3.24. The Labute approximate surface area is 126 Å². The fraction of sp³-hybridized carbons (Fsp3) is 0.533. The highest BCUT2D eigenvalue weighted by Crippen LogP contribution is 2.33. The van der Waals surface area contributed by atoms with Crippen LogP contribution in [0.4, 0.5) is 0 Å². The second-order valence-corrected chi connectivity index (χ2v) is 6.58. The number of likely N-dealkylation sites (tertiary alicyclic amines) is 1. The summed E-state index contributed by atoms with van der Waals surface area (Å²) in [6, 6.07) is 6.17. The number of rotatable bonds is 3. The number of fused-ring (bicyclic) bond motifs is 1. The van der Waals surface area contributed by atoms with E-state index in [1.54, 1.807) is 0 Å². The van der Waals surface area contributed by atoms with Gasteiger partial charge in [0.2, 0.25) is 0 Å². The molecule has 0 bridgehead atoms. The van der Waals surface area contributed by atoms with E-state index in [9.17, 15) is 9.90 Å². The molecule has 0 aliphatic carbocycles. The first-order valence-corrected chi connectivity index (χ1v) is 7.76. The van der Waals surface area contributed by atoms with Crippen LogP contribution in [-0.4, -0.2) is 41.2 Å². The predicted octanol–water partition coefficient (Wildman–Crippen LogP) is 2.55. The third-order valence-electron chi connectivity index (χ3n) is 4.40. The molecule has 0 saturated carbocycles. The molecule has 1 N–H and O–H groups in total. The topological polar surface area (TPSA) is 49.8 Å². The number of hydrogen-bond acceptors (Lipinski definition) is 3. The van der Waals surface area contributed by atoms with E-state index in [1.807, 2.05) is 19.1 Å². The molecule has 5 heteroatoms. The van der Waals surface area contributed by atoms with Crippen LogP contribution in [0.15, 0.2) is 22.7 Å². The number of nitrogens with zero attached hydrogens (tertiary/aromatic N) is 1. The van der Waals surface area contributed by atoms with Crippen molar-refractivity contribution in [3.05, 3.63) is 28.2 Å². The Kier molecular flexibility index (Phi) is 3.73. The normalized spacial score (nSPS) is 29.2. The van der Waals surface area contributed by atoms with Gasteiger partial charge in [-0.25, -0.2) is 0 Å². The Balaban J connectivity index is 1.63. The van der Waals surface area contributed by atoms with Crippen molar-refractivity contribution < 1.29 is 14.6 Å². The zero-order valence-corrected chi connectivity index (χ0v) is 13.0. The third kappa shape index (κ3) is 2.56. The van der Waals surface area contributed by atoms with Crippen LogP contribution in [0, 0.1) is 5.92 Å². The summed E-state index contributed by atoms with van der Waals surface area (Å²) in [7, 11) is 0. The smallest absolute Gasteiger partial charge is 0.308 e. The Morgan fingerprint density at radius 3 is 3.05 bits per heavy atom. The van der Waals surface area contributed by atoms with E-state index < -0.39 is 5.97 Å². The first-order valence-electron chi connectivity index (χ1n) is 6.96. The van der Waals surface area contributed by atoms with Gasteiger partial charge in [0, 0.05) is 23.5 Å². The molecular formula is C15H18BrNO3. The summed E-state index contributed by atoms with van der Waals surface area (Å²) in [6.45, 7) is 3.65. The van der Waals surface area contributed by atoms with Crippen LogP contribution in [0.2, 0.25) is 0 Å². The van der Waals surface area contributed by atoms with Crippen LogP contribution in [0.25, 0.3) is 0 Å². The minimum Gasteiger partial charge on any atom is -0.488 e. The van der Waals surface area contributed by atoms with Crippen LogP contribution in [0.1, 0.15) is 18.9 Å². The van der Waals surface area contributed by atoms with Crippen molar-refractivity contribution in [2.45, 2.75) is 31.9 Å². The van der Waals surface area contributed by atoms with Gasteiger partial charge in [0.05, 0.1) is 5.92 Å². The van der Waals surface area contributed by atoms with Gasteiger partial charge in [-0.2, -0.15) is 0 Å². The van der Waals surface area contributed by atoms with Gasteiger partial charge in [-0.15, -0.1) is 0 Å². The Morgan fingerprint density at radius 1 is 1.55 bits per heavy atom. The quantitative estimate of drug-likeness (QED) is 0.919. The lowest BCUT2D eigenvalue weighted by molar-refractivity contribution is -0.142. The number of hydrogen-bond donors (Lipinski definition) is 1. The molecule has 2 heterocycles. The molecule has 108 valence electrons. The third-order valence-corrected chi connectivity index (χ3v) is 4.90. The van der Waals surface area contributed by atoms with E-state index in [0.29, 0.717) is 0 Å². The zero-order chi connectivity index (χ0) is 14.3. The molecule has 1 aromatic rings. The van der Waals surface area contributed by atoms with Gasteiger partial charge in [0.1, 0.15) is 11.9 Å². The summed E-state index contributed by atoms with van der Waals surface area (Å²) >= 11 is 3.48. The van der Waals surface area contributed by atoms with Gasteiger partial charge >= 0.3 is 5.97 Å². The van der Waals surface area contributed by atoms with Crippen molar-refractivity contribution in [2.75, 3.05) is 13.1 Å². The molecule has 1 fully saturated rings. The zero-order valence-electron chi connectivity index (χ0n) is 11.4. The van der Waals surface area contributed by atoms with Gasteiger partial charge in [-0.05, 0) is 43.7 Å². The molecule has 0 aromatic heterocycles. The second-order valence-electron chi connectivity index (χ2n) is 5.66. The molecule has 3 rings (SSSR count). The van der Waals surface area contributed by atoms with Crippen molar-refractivity contribution in [1.82, 2.24) is 4.90 Å². The first-order chi connectivity index (χ1) is 9.54. The number of carboxylic acid groups (broad SMARTS) is 1. The average Bonchev–Trinajstić information content (AvgIpc) is 2.93. The maximum Gasteiger partial charge on any atom is 0.308 e. The van der Waals surface area contributed by atoms with Gasteiger partial charge in [-0.1, -0.05) is 15.9 Å². The Hall–Kier alpha value is -1.07. The van der Waals surface area contributed by atoms with Crippen LogP contribution in [-0.2, 0) is 11.2 Å². The van der Waals surface area contributed by atoms with Crippen molar-refractivity contribution in [1.29, 1.82) is 0 Å². The van der Waals surface area contributed by atoms with Gasteiger partial charge in [0.15, 0.2) is 0 Å². The molecule has 2 aliphatic rings. The Morgan fingerprint density at radius 2 is 2.35 bits per heavy atom. The number of benzene rings is 1. The number of ether oxygens (including phenoxy) is 1. The molecule has 1 aromatic carbocycles. The van der Waals surface area contributed by atoms with Crippen molar-refractivity contribution in [3.8, 4) is 5.75 Å². The molecule has 4 nitrogen and oxygen atoms in total. The van der Waals surface area contributed by atoms with Gasteiger partial charge in [0.25, 0.3) is 0 Å². The second kappa shape index (κ2) is 5.37. The van der Waals surface area contributed by atoms with Gasteiger partial charge in [-0.3, -0.25) is 9.69 Å².